The van der Waals surface area contributed by atoms with Crippen molar-refractivity contribution in [3.8, 4) is 0 Å². The molecule has 3 rings (SSSR count). The highest BCUT2D eigenvalue weighted by atomic mass is 19.1. The molecule has 0 amide bonds. The number of nitrogens with two attached hydrogens (primary N) is 1. The van der Waals surface area contributed by atoms with Gasteiger partial charge in [0.2, 0.25) is 5.95 Å². The second-order valence-electron chi connectivity index (χ2n) is 4.84. The van der Waals surface area contributed by atoms with E-state index in [4.69, 9.17) is 5.73 Å². The van der Waals surface area contributed by atoms with Crippen molar-refractivity contribution < 1.29 is 4.39 Å². The highest BCUT2D eigenvalue weighted by Gasteiger charge is 2.15. The summed E-state index contributed by atoms with van der Waals surface area (Å²) in [5.41, 5.74) is 9.15. The molecule has 0 fully saturated rings. The molecular weight excluding hydrogens is 257 g/mol. The van der Waals surface area contributed by atoms with Gasteiger partial charge in [-0.2, -0.15) is 5.10 Å². The van der Waals surface area contributed by atoms with E-state index < -0.39 is 0 Å². The molecule has 104 valence electrons. The normalized spacial score (nSPS) is 11.3. The molecule has 0 radical (unpaired) electrons. The van der Waals surface area contributed by atoms with Crippen LogP contribution in [0.4, 0.5) is 10.3 Å². The van der Waals surface area contributed by atoms with Crippen LogP contribution in [0.3, 0.4) is 0 Å². The van der Waals surface area contributed by atoms with Gasteiger partial charge < -0.3 is 5.73 Å². The molecular formula is C14H16FN5. The SMILES string of the molecule is Cc1nn(C)c2c1nc(N)n2CCc1ccccc1F. The van der Waals surface area contributed by atoms with Crippen molar-refractivity contribution in [1.29, 1.82) is 0 Å². The van der Waals surface area contributed by atoms with Crippen LogP contribution in [0, 0.1) is 12.7 Å². The maximum atomic E-state index is 13.6. The molecule has 0 spiro atoms. The van der Waals surface area contributed by atoms with Crippen molar-refractivity contribution in [3.05, 3.63) is 41.3 Å². The van der Waals surface area contributed by atoms with Crippen LogP contribution in [0.2, 0.25) is 0 Å². The van der Waals surface area contributed by atoms with E-state index in [0.717, 1.165) is 16.9 Å². The van der Waals surface area contributed by atoms with E-state index in [2.05, 4.69) is 10.1 Å². The fourth-order valence-corrected chi connectivity index (χ4v) is 2.51. The maximum Gasteiger partial charge on any atom is 0.202 e. The molecule has 0 saturated carbocycles. The number of nitrogens with zero attached hydrogens (tertiary/aromatic N) is 4. The lowest BCUT2D eigenvalue weighted by molar-refractivity contribution is 0.594. The molecule has 0 saturated heterocycles. The van der Waals surface area contributed by atoms with E-state index >= 15 is 0 Å². The maximum absolute atomic E-state index is 13.6. The molecule has 2 heterocycles. The van der Waals surface area contributed by atoms with Gasteiger partial charge in [-0.1, -0.05) is 18.2 Å². The Morgan fingerprint density at radius 2 is 2.05 bits per heavy atom. The van der Waals surface area contributed by atoms with Crippen molar-refractivity contribution in [2.24, 2.45) is 7.05 Å². The Balaban J connectivity index is 1.95. The summed E-state index contributed by atoms with van der Waals surface area (Å²) in [6, 6.07) is 6.77. The lowest BCUT2D eigenvalue weighted by Crippen LogP contribution is -2.09. The Labute approximate surface area is 115 Å². The smallest absolute Gasteiger partial charge is 0.202 e. The third kappa shape index (κ3) is 1.93. The zero-order chi connectivity index (χ0) is 14.3. The van der Waals surface area contributed by atoms with E-state index in [1.54, 1.807) is 16.8 Å². The number of imidazole rings is 1. The third-order valence-electron chi connectivity index (χ3n) is 3.48. The van der Waals surface area contributed by atoms with E-state index in [1.165, 1.54) is 6.07 Å². The van der Waals surface area contributed by atoms with Gasteiger partial charge in [0, 0.05) is 13.6 Å². The zero-order valence-corrected chi connectivity index (χ0v) is 11.5. The van der Waals surface area contributed by atoms with E-state index in [1.807, 2.05) is 24.6 Å². The summed E-state index contributed by atoms with van der Waals surface area (Å²) in [6.45, 7) is 2.47. The average molecular weight is 273 g/mol. The minimum Gasteiger partial charge on any atom is -0.369 e. The van der Waals surface area contributed by atoms with Gasteiger partial charge >= 0.3 is 0 Å². The standard InChI is InChI=1S/C14H16FN5/c1-9-12-13(19(2)18-9)20(14(16)17-12)8-7-10-5-3-4-6-11(10)15/h3-6H,7-8H2,1-2H3,(H2,16,17). The summed E-state index contributed by atoms with van der Waals surface area (Å²) in [4.78, 5) is 4.33. The van der Waals surface area contributed by atoms with Crippen molar-refractivity contribution >= 4 is 17.1 Å². The monoisotopic (exact) mass is 273 g/mol. The fourth-order valence-electron chi connectivity index (χ4n) is 2.51. The predicted molar refractivity (Wildman–Crippen MR) is 75.8 cm³/mol. The summed E-state index contributed by atoms with van der Waals surface area (Å²) in [5.74, 6) is 0.246. The van der Waals surface area contributed by atoms with Crippen LogP contribution in [0.1, 0.15) is 11.3 Å². The van der Waals surface area contributed by atoms with Crippen LogP contribution < -0.4 is 5.73 Å². The average Bonchev–Trinajstić information content (AvgIpc) is 2.87. The van der Waals surface area contributed by atoms with Crippen molar-refractivity contribution in [2.45, 2.75) is 19.9 Å². The molecule has 6 heteroatoms. The van der Waals surface area contributed by atoms with Gasteiger partial charge in [-0.15, -0.1) is 0 Å². The summed E-state index contributed by atoms with van der Waals surface area (Å²) in [5, 5.41) is 4.33. The number of fused-ring (bicyclic) bond motifs is 1. The summed E-state index contributed by atoms with van der Waals surface area (Å²) >= 11 is 0. The van der Waals surface area contributed by atoms with Crippen molar-refractivity contribution in [2.75, 3.05) is 5.73 Å². The Morgan fingerprint density at radius 3 is 2.80 bits per heavy atom. The molecule has 3 aromatic rings. The summed E-state index contributed by atoms with van der Waals surface area (Å²) < 4.78 is 17.3. The predicted octanol–water partition coefficient (Wildman–Crippen LogP) is 2.04. The molecule has 5 nitrogen and oxygen atoms in total. The number of hydrogen-bond donors (Lipinski definition) is 1. The highest BCUT2D eigenvalue weighted by Crippen LogP contribution is 2.21. The number of hydrogen-bond acceptors (Lipinski definition) is 3. The molecule has 2 N–H and O–H groups in total. The topological polar surface area (TPSA) is 61.7 Å². The number of aryl methyl sites for hydroxylation is 4. The number of rotatable bonds is 3. The molecule has 2 aromatic heterocycles. The lowest BCUT2D eigenvalue weighted by Gasteiger charge is -2.07. The van der Waals surface area contributed by atoms with Gasteiger partial charge in [-0.3, -0.25) is 9.25 Å². The second-order valence-corrected chi connectivity index (χ2v) is 4.84. The first-order chi connectivity index (χ1) is 9.58. The van der Waals surface area contributed by atoms with E-state index in [0.29, 0.717) is 24.5 Å². The zero-order valence-electron chi connectivity index (χ0n) is 11.5. The largest absolute Gasteiger partial charge is 0.369 e. The molecule has 20 heavy (non-hydrogen) atoms. The Kier molecular flexibility index (Phi) is 2.93. The molecule has 0 aliphatic rings. The van der Waals surface area contributed by atoms with E-state index in [9.17, 15) is 4.39 Å². The van der Waals surface area contributed by atoms with Crippen molar-refractivity contribution in [3.63, 3.8) is 0 Å². The first-order valence-corrected chi connectivity index (χ1v) is 6.46. The second kappa shape index (κ2) is 4.63. The first kappa shape index (κ1) is 12.7. The number of nitrogen functional groups attached to an aromatic ring is 1. The molecule has 0 unspecified atom stereocenters. The lowest BCUT2D eigenvalue weighted by atomic mass is 10.1. The van der Waals surface area contributed by atoms with Crippen LogP contribution >= 0.6 is 0 Å². The van der Waals surface area contributed by atoms with Crippen LogP contribution in [0.15, 0.2) is 24.3 Å². The third-order valence-corrected chi connectivity index (χ3v) is 3.48. The van der Waals surface area contributed by atoms with Gasteiger partial charge in [0.25, 0.3) is 0 Å². The van der Waals surface area contributed by atoms with Gasteiger partial charge in [0.05, 0.1) is 5.69 Å². The molecule has 0 aliphatic heterocycles. The summed E-state index contributed by atoms with van der Waals surface area (Å²) in [7, 11) is 1.86. The minimum atomic E-state index is -0.191. The number of benzene rings is 1. The van der Waals surface area contributed by atoms with Crippen LogP contribution in [0.25, 0.3) is 11.2 Å². The van der Waals surface area contributed by atoms with Crippen LogP contribution in [0.5, 0.6) is 0 Å². The van der Waals surface area contributed by atoms with Crippen molar-refractivity contribution in [1.82, 2.24) is 19.3 Å². The van der Waals surface area contributed by atoms with Crippen LogP contribution in [-0.4, -0.2) is 19.3 Å². The number of anilines is 1. The Hall–Kier alpha value is -2.37. The number of aromatic nitrogens is 4. The Morgan fingerprint density at radius 1 is 1.30 bits per heavy atom. The number of halogens is 1. The van der Waals surface area contributed by atoms with Crippen LogP contribution in [-0.2, 0) is 20.0 Å². The van der Waals surface area contributed by atoms with Gasteiger partial charge in [0.1, 0.15) is 11.3 Å². The molecule has 0 aliphatic carbocycles. The van der Waals surface area contributed by atoms with Gasteiger partial charge in [0.15, 0.2) is 5.65 Å². The molecule has 1 aromatic carbocycles. The summed E-state index contributed by atoms with van der Waals surface area (Å²) in [6.07, 6.45) is 0.562. The Bertz CT molecular complexity index is 771. The van der Waals surface area contributed by atoms with Gasteiger partial charge in [-0.25, -0.2) is 9.37 Å². The minimum absolute atomic E-state index is 0.191. The first-order valence-electron chi connectivity index (χ1n) is 6.46. The molecule has 0 bridgehead atoms. The quantitative estimate of drug-likeness (QED) is 0.794. The van der Waals surface area contributed by atoms with E-state index in [-0.39, 0.29) is 5.82 Å². The highest BCUT2D eigenvalue weighted by molar-refractivity contribution is 5.77. The molecule has 0 atom stereocenters. The van der Waals surface area contributed by atoms with Gasteiger partial charge in [-0.05, 0) is 25.0 Å². The fraction of sp³-hybridized carbons (Fsp3) is 0.286.